The molecule has 1 atom stereocenters. The molecule has 1 rings (SSSR count). The third-order valence-electron chi connectivity index (χ3n) is 1.91. The van der Waals surface area contributed by atoms with Crippen LogP contribution in [-0.4, -0.2) is 21.7 Å². The molecule has 0 amide bonds. The molecule has 0 fully saturated rings. The number of halogens is 1. The van der Waals surface area contributed by atoms with E-state index in [1.165, 1.54) is 0 Å². The van der Waals surface area contributed by atoms with Gasteiger partial charge >= 0.3 is 5.69 Å². The molecule has 0 radical (unpaired) electrons. The maximum Gasteiger partial charge on any atom is 0.311 e. The first-order valence-electron chi connectivity index (χ1n) is 4.01. The van der Waals surface area contributed by atoms with E-state index in [0.717, 1.165) is 12.1 Å². The highest BCUT2D eigenvalue weighted by molar-refractivity contribution is 5.52. The van der Waals surface area contributed by atoms with E-state index in [-0.39, 0.29) is 0 Å². The lowest BCUT2D eigenvalue weighted by molar-refractivity contribution is -0.386. The monoisotopic (exact) mass is 216 g/mol. The summed E-state index contributed by atoms with van der Waals surface area (Å²) in [7, 11) is 0. The van der Waals surface area contributed by atoms with Gasteiger partial charge in [-0.15, -0.1) is 0 Å². The number of aliphatic hydroxyl groups excluding tert-OH is 1. The number of nitrogens with zero attached hydrogens (tertiary/aromatic N) is 1. The van der Waals surface area contributed by atoms with E-state index in [0.29, 0.717) is 0 Å². The van der Waals surface area contributed by atoms with Gasteiger partial charge in [0.15, 0.2) is 0 Å². The number of phenolic OH excluding ortho intramolecular Hbond substituents is 1. The predicted octanol–water partition coefficient (Wildman–Crippen LogP) is 0.432. The number of nitro groups is 1. The molecule has 0 unspecified atom stereocenters. The highest BCUT2D eigenvalue weighted by Crippen LogP contribution is 2.34. The number of nitro benzene ring substituents is 1. The Morgan fingerprint density at radius 2 is 2.20 bits per heavy atom. The first kappa shape index (κ1) is 11.3. The minimum Gasteiger partial charge on any atom is -0.502 e. The van der Waals surface area contributed by atoms with Gasteiger partial charge in [-0.25, -0.2) is 4.39 Å². The van der Waals surface area contributed by atoms with Crippen LogP contribution in [0.25, 0.3) is 0 Å². The van der Waals surface area contributed by atoms with Crippen LogP contribution >= 0.6 is 0 Å². The largest absolute Gasteiger partial charge is 0.502 e. The van der Waals surface area contributed by atoms with Crippen molar-refractivity contribution in [3.8, 4) is 5.75 Å². The standard InChI is InChI=1S/C8H9FN2O4/c9-4-1-2-6(11(14)15)8(13)7(4)5(10)3-12/h1-2,5,12-13H,3,10H2/t5-/m0/s1. The van der Waals surface area contributed by atoms with E-state index < -0.39 is 40.4 Å². The SMILES string of the molecule is N[C@@H](CO)c1c(F)ccc([N+](=O)[O-])c1O. The van der Waals surface area contributed by atoms with E-state index in [1.54, 1.807) is 0 Å². The molecule has 1 aromatic rings. The van der Waals surface area contributed by atoms with Crippen LogP contribution in [0.3, 0.4) is 0 Å². The summed E-state index contributed by atoms with van der Waals surface area (Å²) in [6.45, 7) is -0.619. The van der Waals surface area contributed by atoms with Crippen molar-refractivity contribution in [2.75, 3.05) is 6.61 Å². The van der Waals surface area contributed by atoms with E-state index in [9.17, 15) is 19.6 Å². The Kier molecular flexibility index (Phi) is 3.17. The number of phenols is 1. The summed E-state index contributed by atoms with van der Waals surface area (Å²) in [5.41, 5.74) is 4.20. The second kappa shape index (κ2) is 4.20. The quantitative estimate of drug-likeness (QED) is 0.501. The van der Waals surface area contributed by atoms with Crippen LogP contribution in [0.1, 0.15) is 11.6 Å². The van der Waals surface area contributed by atoms with Crippen molar-refractivity contribution in [1.29, 1.82) is 0 Å². The van der Waals surface area contributed by atoms with Crippen molar-refractivity contribution in [3.05, 3.63) is 33.6 Å². The lowest BCUT2D eigenvalue weighted by Crippen LogP contribution is -2.16. The maximum absolute atomic E-state index is 13.2. The van der Waals surface area contributed by atoms with Gasteiger partial charge in [-0.1, -0.05) is 0 Å². The molecule has 0 saturated carbocycles. The zero-order valence-corrected chi connectivity index (χ0v) is 7.55. The summed E-state index contributed by atoms with van der Waals surface area (Å²) in [5, 5.41) is 28.5. The first-order valence-corrected chi connectivity index (χ1v) is 4.01. The number of aromatic hydroxyl groups is 1. The minimum atomic E-state index is -1.19. The van der Waals surface area contributed by atoms with Crippen LogP contribution in [0.15, 0.2) is 12.1 Å². The molecule has 7 heteroatoms. The summed E-state index contributed by atoms with van der Waals surface area (Å²) >= 11 is 0. The van der Waals surface area contributed by atoms with Crippen LogP contribution in [0.2, 0.25) is 0 Å². The molecular formula is C8H9FN2O4. The minimum absolute atomic E-state index is 0.452. The summed E-state index contributed by atoms with van der Waals surface area (Å²) in [6.07, 6.45) is 0. The normalized spacial score (nSPS) is 12.5. The van der Waals surface area contributed by atoms with Gasteiger partial charge in [0.05, 0.1) is 23.1 Å². The highest BCUT2D eigenvalue weighted by atomic mass is 19.1. The molecule has 82 valence electrons. The van der Waals surface area contributed by atoms with Crippen molar-refractivity contribution in [2.24, 2.45) is 5.73 Å². The van der Waals surface area contributed by atoms with Gasteiger partial charge in [0.25, 0.3) is 0 Å². The molecule has 6 nitrogen and oxygen atoms in total. The third-order valence-corrected chi connectivity index (χ3v) is 1.91. The summed E-state index contributed by atoms with van der Waals surface area (Å²) in [6, 6.07) is 0.464. The number of hydrogen-bond donors (Lipinski definition) is 3. The lowest BCUT2D eigenvalue weighted by Gasteiger charge is -2.11. The molecule has 0 aromatic heterocycles. The van der Waals surface area contributed by atoms with Gasteiger partial charge in [-0.05, 0) is 6.07 Å². The van der Waals surface area contributed by atoms with E-state index in [4.69, 9.17) is 10.8 Å². The fourth-order valence-corrected chi connectivity index (χ4v) is 1.16. The smallest absolute Gasteiger partial charge is 0.311 e. The molecule has 4 N–H and O–H groups in total. The molecule has 15 heavy (non-hydrogen) atoms. The van der Waals surface area contributed by atoms with Gasteiger partial charge in [0.2, 0.25) is 5.75 Å². The van der Waals surface area contributed by atoms with E-state index in [2.05, 4.69) is 0 Å². The van der Waals surface area contributed by atoms with Crippen molar-refractivity contribution < 1.29 is 19.5 Å². The average molecular weight is 216 g/mol. The number of benzene rings is 1. The number of nitrogens with two attached hydrogens (primary N) is 1. The van der Waals surface area contributed by atoms with E-state index in [1.807, 2.05) is 0 Å². The molecule has 0 bridgehead atoms. The third kappa shape index (κ3) is 2.03. The number of rotatable bonds is 3. The van der Waals surface area contributed by atoms with Crippen LogP contribution in [-0.2, 0) is 0 Å². The second-order valence-corrected chi connectivity index (χ2v) is 2.87. The molecule has 0 aliphatic rings. The van der Waals surface area contributed by atoms with Crippen molar-refractivity contribution in [3.63, 3.8) is 0 Å². The number of aliphatic hydroxyl groups is 1. The molecule has 0 aliphatic heterocycles. The molecule has 0 aliphatic carbocycles. The van der Waals surface area contributed by atoms with Crippen LogP contribution in [0.4, 0.5) is 10.1 Å². The topological polar surface area (TPSA) is 110 Å². The Hall–Kier alpha value is -1.73. The highest BCUT2D eigenvalue weighted by Gasteiger charge is 2.24. The molecule has 1 aromatic carbocycles. The Bertz CT molecular complexity index is 396. The summed E-state index contributed by atoms with van der Waals surface area (Å²) in [5.74, 6) is -1.73. The summed E-state index contributed by atoms with van der Waals surface area (Å²) in [4.78, 5) is 9.56. The fourth-order valence-electron chi connectivity index (χ4n) is 1.16. The molecular weight excluding hydrogens is 207 g/mol. The molecule has 0 heterocycles. The van der Waals surface area contributed by atoms with Gasteiger partial charge in [0.1, 0.15) is 5.82 Å². The van der Waals surface area contributed by atoms with Crippen molar-refractivity contribution in [2.45, 2.75) is 6.04 Å². The van der Waals surface area contributed by atoms with E-state index >= 15 is 0 Å². The Morgan fingerprint density at radius 1 is 1.60 bits per heavy atom. The zero-order valence-electron chi connectivity index (χ0n) is 7.55. The van der Waals surface area contributed by atoms with Crippen LogP contribution < -0.4 is 5.73 Å². The molecule has 0 saturated heterocycles. The fraction of sp³-hybridized carbons (Fsp3) is 0.250. The Morgan fingerprint density at radius 3 is 2.67 bits per heavy atom. The first-order chi connectivity index (χ1) is 6.99. The van der Waals surface area contributed by atoms with Gasteiger partial charge in [-0.2, -0.15) is 0 Å². The maximum atomic E-state index is 13.2. The lowest BCUT2D eigenvalue weighted by atomic mass is 10.1. The summed E-state index contributed by atoms with van der Waals surface area (Å²) < 4.78 is 13.2. The van der Waals surface area contributed by atoms with Gasteiger partial charge in [-0.3, -0.25) is 10.1 Å². The van der Waals surface area contributed by atoms with Crippen LogP contribution in [0, 0.1) is 15.9 Å². The Balaban J connectivity index is 3.36. The van der Waals surface area contributed by atoms with Crippen molar-refractivity contribution in [1.82, 2.24) is 0 Å². The number of hydrogen-bond acceptors (Lipinski definition) is 5. The zero-order chi connectivity index (χ0) is 11.6. The average Bonchev–Trinajstić information content (AvgIpc) is 2.16. The predicted molar refractivity (Wildman–Crippen MR) is 48.7 cm³/mol. The van der Waals surface area contributed by atoms with Crippen molar-refractivity contribution >= 4 is 5.69 Å². The van der Waals surface area contributed by atoms with Gasteiger partial charge in [0, 0.05) is 6.07 Å². The van der Waals surface area contributed by atoms with Gasteiger partial charge < -0.3 is 15.9 Å². The Labute approximate surface area is 83.9 Å². The second-order valence-electron chi connectivity index (χ2n) is 2.87. The molecule has 0 spiro atoms. The van der Waals surface area contributed by atoms with Crippen LogP contribution in [0.5, 0.6) is 5.75 Å².